The molecule has 0 spiro atoms. The van der Waals surface area contributed by atoms with Gasteiger partial charge in [-0.05, 0) is 68.1 Å². The zero-order valence-corrected chi connectivity index (χ0v) is 14.1. The number of fused-ring (bicyclic) bond motifs is 5. The second kappa shape index (κ2) is 6.19. The third-order valence-electron chi connectivity index (χ3n) is 7.00. The van der Waals surface area contributed by atoms with E-state index in [9.17, 15) is 4.79 Å². The number of hydrogen-bond acceptors (Lipinski definition) is 2. The predicted molar refractivity (Wildman–Crippen MR) is 87.7 cm³/mol. The number of allylic oxidation sites excluding steroid dienone is 1. The molecule has 122 valence electrons. The number of carbonyl (C=O) groups excluding carboxylic acids is 1. The van der Waals surface area contributed by atoms with E-state index in [1.807, 2.05) is 0 Å². The average Bonchev–Trinajstić information content (AvgIpc) is 3.03. The standard InChI is InChI=1S/C19H27ClO2/c20-11-19(21)22-14-6-9-16-13(10-14)5-8-17-15-3-1-2-12(15)4-7-18(16)17/h5,12,14-18H,1-4,6-11H2. The van der Waals surface area contributed by atoms with Gasteiger partial charge >= 0.3 is 5.97 Å². The smallest absolute Gasteiger partial charge is 0.321 e. The minimum Gasteiger partial charge on any atom is -0.461 e. The Morgan fingerprint density at radius 3 is 2.86 bits per heavy atom. The lowest BCUT2D eigenvalue weighted by molar-refractivity contribution is -0.147. The molecule has 6 unspecified atom stereocenters. The van der Waals surface area contributed by atoms with Crippen molar-refractivity contribution in [2.24, 2.45) is 29.6 Å². The highest BCUT2D eigenvalue weighted by Crippen LogP contribution is 2.56. The van der Waals surface area contributed by atoms with Crippen LogP contribution >= 0.6 is 11.6 Å². The number of carbonyl (C=O) groups is 1. The molecular weight excluding hydrogens is 296 g/mol. The second-order valence-electron chi connectivity index (χ2n) is 7.91. The monoisotopic (exact) mass is 322 g/mol. The maximum absolute atomic E-state index is 11.4. The van der Waals surface area contributed by atoms with Crippen molar-refractivity contribution in [1.29, 1.82) is 0 Å². The Kier molecular flexibility index (Phi) is 4.23. The van der Waals surface area contributed by atoms with Gasteiger partial charge in [0.15, 0.2) is 0 Å². The summed E-state index contributed by atoms with van der Waals surface area (Å²) in [6, 6.07) is 0. The van der Waals surface area contributed by atoms with E-state index in [0.29, 0.717) is 0 Å². The quantitative estimate of drug-likeness (QED) is 0.418. The molecule has 6 atom stereocenters. The molecule has 4 aliphatic rings. The molecule has 4 rings (SSSR count). The molecule has 0 aromatic rings. The van der Waals surface area contributed by atoms with Crippen molar-refractivity contribution in [3.63, 3.8) is 0 Å². The summed E-state index contributed by atoms with van der Waals surface area (Å²) in [6.45, 7) is 0. The van der Waals surface area contributed by atoms with E-state index in [2.05, 4.69) is 6.08 Å². The number of alkyl halides is 1. The van der Waals surface area contributed by atoms with Gasteiger partial charge in [0.1, 0.15) is 12.0 Å². The highest BCUT2D eigenvalue weighted by atomic mass is 35.5. The summed E-state index contributed by atoms with van der Waals surface area (Å²) in [5.41, 5.74) is 1.59. The largest absolute Gasteiger partial charge is 0.461 e. The van der Waals surface area contributed by atoms with Gasteiger partial charge in [-0.15, -0.1) is 11.6 Å². The van der Waals surface area contributed by atoms with E-state index in [1.54, 1.807) is 5.57 Å². The summed E-state index contributed by atoms with van der Waals surface area (Å²) in [6.07, 6.45) is 14.4. The van der Waals surface area contributed by atoms with E-state index >= 15 is 0 Å². The van der Waals surface area contributed by atoms with Crippen LogP contribution in [0.1, 0.15) is 57.8 Å². The van der Waals surface area contributed by atoms with Gasteiger partial charge in [-0.2, -0.15) is 0 Å². The SMILES string of the molecule is O=C(CCl)OC1CCC2C(=CCC3C4CCCC4CCC23)C1. The molecule has 2 nitrogen and oxygen atoms in total. The molecule has 0 radical (unpaired) electrons. The first-order valence-electron chi connectivity index (χ1n) is 9.20. The van der Waals surface area contributed by atoms with E-state index in [1.165, 1.54) is 44.9 Å². The van der Waals surface area contributed by atoms with Crippen molar-refractivity contribution in [2.75, 3.05) is 5.88 Å². The van der Waals surface area contributed by atoms with Crippen LogP contribution in [-0.2, 0) is 9.53 Å². The molecular formula is C19H27ClO2. The lowest BCUT2D eigenvalue weighted by atomic mass is 9.57. The molecule has 0 saturated heterocycles. The minimum absolute atomic E-state index is 0.0211. The minimum atomic E-state index is -0.258. The topological polar surface area (TPSA) is 26.3 Å². The number of hydrogen-bond donors (Lipinski definition) is 0. The van der Waals surface area contributed by atoms with Crippen LogP contribution < -0.4 is 0 Å². The third kappa shape index (κ3) is 2.62. The lowest BCUT2D eigenvalue weighted by Crippen LogP contribution is -2.41. The number of esters is 1. The number of rotatable bonds is 2. The highest BCUT2D eigenvalue weighted by molar-refractivity contribution is 6.26. The van der Waals surface area contributed by atoms with Crippen LogP contribution in [0.4, 0.5) is 0 Å². The van der Waals surface area contributed by atoms with Crippen LogP contribution in [0.5, 0.6) is 0 Å². The number of ether oxygens (including phenoxy) is 1. The Bertz CT molecular complexity index is 472. The Labute approximate surface area is 138 Å². The van der Waals surface area contributed by atoms with E-state index < -0.39 is 0 Å². The van der Waals surface area contributed by atoms with E-state index in [4.69, 9.17) is 16.3 Å². The molecule has 4 aliphatic carbocycles. The van der Waals surface area contributed by atoms with Gasteiger partial charge in [-0.25, -0.2) is 0 Å². The average molecular weight is 323 g/mol. The van der Waals surface area contributed by atoms with Crippen LogP contribution in [0.3, 0.4) is 0 Å². The van der Waals surface area contributed by atoms with Gasteiger partial charge in [0, 0.05) is 6.42 Å². The van der Waals surface area contributed by atoms with Crippen molar-refractivity contribution in [3.8, 4) is 0 Å². The molecule has 0 aromatic heterocycles. The van der Waals surface area contributed by atoms with Crippen molar-refractivity contribution in [2.45, 2.75) is 63.9 Å². The highest BCUT2D eigenvalue weighted by Gasteiger charge is 2.47. The van der Waals surface area contributed by atoms with E-state index in [-0.39, 0.29) is 18.0 Å². The molecule has 0 amide bonds. The maximum Gasteiger partial charge on any atom is 0.321 e. The van der Waals surface area contributed by atoms with Gasteiger partial charge in [0.25, 0.3) is 0 Å². The molecule has 0 heterocycles. The second-order valence-corrected chi connectivity index (χ2v) is 8.18. The fourth-order valence-electron chi connectivity index (χ4n) is 6.17. The zero-order valence-electron chi connectivity index (χ0n) is 13.3. The third-order valence-corrected chi connectivity index (χ3v) is 7.22. The van der Waals surface area contributed by atoms with Gasteiger partial charge in [0.2, 0.25) is 0 Å². The Morgan fingerprint density at radius 2 is 2.00 bits per heavy atom. The molecule has 3 saturated carbocycles. The van der Waals surface area contributed by atoms with Gasteiger partial charge in [0.05, 0.1) is 0 Å². The Hall–Kier alpha value is -0.500. The summed E-state index contributed by atoms with van der Waals surface area (Å²) in [7, 11) is 0. The van der Waals surface area contributed by atoms with E-state index in [0.717, 1.165) is 42.4 Å². The summed E-state index contributed by atoms with van der Waals surface area (Å²) in [5.74, 6) is 4.44. The van der Waals surface area contributed by atoms with Crippen molar-refractivity contribution in [3.05, 3.63) is 11.6 Å². The van der Waals surface area contributed by atoms with Crippen molar-refractivity contribution >= 4 is 17.6 Å². The lowest BCUT2D eigenvalue weighted by Gasteiger charge is -2.49. The van der Waals surface area contributed by atoms with Gasteiger partial charge in [-0.3, -0.25) is 4.79 Å². The fourth-order valence-corrected chi connectivity index (χ4v) is 6.23. The summed E-state index contributed by atoms with van der Waals surface area (Å²) >= 11 is 5.56. The van der Waals surface area contributed by atoms with Crippen LogP contribution in [0.15, 0.2) is 11.6 Å². The molecule has 0 aliphatic heterocycles. The van der Waals surface area contributed by atoms with Crippen molar-refractivity contribution < 1.29 is 9.53 Å². The van der Waals surface area contributed by atoms with Crippen molar-refractivity contribution in [1.82, 2.24) is 0 Å². The first-order valence-corrected chi connectivity index (χ1v) is 9.74. The first-order chi connectivity index (χ1) is 10.8. The molecule has 0 aromatic carbocycles. The number of halogens is 1. The van der Waals surface area contributed by atoms with Crippen LogP contribution in [0.2, 0.25) is 0 Å². The molecule has 3 fully saturated rings. The molecule has 3 heteroatoms. The predicted octanol–water partition coefficient (Wildman–Crippen LogP) is 4.71. The Balaban J connectivity index is 1.46. The summed E-state index contributed by atoms with van der Waals surface area (Å²) in [5, 5.41) is 0. The van der Waals surface area contributed by atoms with Crippen LogP contribution in [0.25, 0.3) is 0 Å². The fraction of sp³-hybridized carbons (Fsp3) is 0.842. The normalized spacial score (nSPS) is 43.6. The zero-order chi connectivity index (χ0) is 15.1. The van der Waals surface area contributed by atoms with Crippen LogP contribution in [0, 0.1) is 29.6 Å². The summed E-state index contributed by atoms with van der Waals surface area (Å²) in [4.78, 5) is 11.4. The first kappa shape index (κ1) is 15.1. The van der Waals surface area contributed by atoms with Crippen LogP contribution in [-0.4, -0.2) is 18.0 Å². The maximum atomic E-state index is 11.4. The molecule has 0 bridgehead atoms. The Morgan fingerprint density at radius 1 is 1.09 bits per heavy atom. The van der Waals surface area contributed by atoms with Gasteiger partial charge in [-0.1, -0.05) is 24.5 Å². The summed E-state index contributed by atoms with van der Waals surface area (Å²) < 4.78 is 5.48. The molecule has 0 N–H and O–H groups in total. The van der Waals surface area contributed by atoms with Gasteiger partial charge < -0.3 is 4.74 Å². The molecule has 22 heavy (non-hydrogen) atoms.